The number of carbonyl (C=O) groups is 1. The van der Waals surface area contributed by atoms with Crippen LogP contribution in [0.1, 0.15) is 21.5 Å². The highest BCUT2D eigenvalue weighted by atomic mass is 19.1. The van der Waals surface area contributed by atoms with E-state index in [-0.39, 0.29) is 0 Å². The Hall–Kier alpha value is -3.47. The monoisotopic (exact) mass is 351 g/mol. The minimum Gasteiger partial charge on any atom is -0.504 e. The van der Waals surface area contributed by atoms with E-state index in [0.29, 0.717) is 11.8 Å². The fourth-order valence-electron chi connectivity index (χ4n) is 2.50. The van der Waals surface area contributed by atoms with Crippen LogP contribution in [0, 0.1) is 11.6 Å². The topological polar surface area (TPSA) is 49.3 Å². The van der Waals surface area contributed by atoms with E-state index in [0.717, 1.165) is 22.8 Å². The first-order valence-electron chi connectivity index (χ1n) is 7.80. The van der Waals surface area contributed by atoms with E-state index < -0.39 is 28.9 Å². The quantitative estimate of drug-likeness (QED) is 0.696. The maximum Gasteiger partial charge on any atom is 0.259 e. The minimum absolute atomic E-state index is 0.420. The molecule has 0 aliphatic carbocycles. The molecule has 3 rings (SSSR count). The largest absolute Gasteiger partial charge is 0.504 e. The number of benzene rings is 3. The predicted octanol–water partition coefficient (Wildman–Crippen LogP) is 4.98. The van der Waals surface area contributed by atoms with Crippen LogP contribution in [0.4, 0.5) is 14.5 Å². The molecule has 0 radical (unpaired) electrons. The van der Waals surface area contributed by atoms with Gasteiger partial charge in [-0.15, -0.1) is 0 Å². The van der Waals surface area contributed by atoms with Gasteiger partial charge in [-0.25, -0.2) is 8.78 Å². The fourth-order valence-corrected chi connectivity index (χ4v) is 2.50. The highest BCUT2D eigenvalue weighted by molar-refractivity contribution is 6.06. The van der Waals surface area contributed by atoms with Crippen molar-refractivity contribution in [3.05, 3.63) is 102 Å². The van der Waals surface area contributed by atoms with Crippen molar-refractivity contribution in [3.63, 3.8) is 0 Å². The number of phenols is 1. The third kappa shape index (κ3) is 3.62. The Morgan fingerprint density at radius 3 is 2.19 bits per heavy atom. The van der Waals surface area contributed by atoms with E-state index in [1.807, 2.05) is 30.3 Å². The molecule has 0 saturated carbocycles. The molecule has 0 aliphatic rings. The molecule has 130 valence electrons. The fraction of sp³-hybridized carbons (Fsp3) is 0. The molecule has 3 aromatic carbocycles. The molecule has 1 amide bonds. The predicted molar refractivity (Wildman–Crippen MR) is 97.0 cm³/mol. The summed E-state index contributed by atoms with van der Waals surface area (Å²) in [5, 5.41) is 12.1. The van der Waals surface area contributed by atoms with Crippen molar-refractivity contribution in [2.45, 2.75) is 0 Å². The number of aromatic hydroxyl groups is 1. The van der Waals surface area contributed by atoms with Crippen molar-refractivity contribution in [1.82, 2.24) is 0 Å². The van der Waals surface area contributed by atoms with E-state index in [1.165, 1.54) is 0 Å². The lowest BCUT2D eigenvalue weighted by Crippen LogP contribution is -2.13. The molecule has 0 aromatic heterocycles. The Morgan fingerprint density at radius 1 is 0.923 bits per heavy atom. The second-order valence-corrected chi connectivity index (χ2v) is 5.66. The van der Waals surface area contributed by atoms with Gasteiger partial charge in [-0.05, 0) is 34.9 Å². The molecule has 3 aromatic rings. The average Bonchev–Trinajstić information content (AvgIpc) is 2.65. The first-order valence-corrected chi connectivity index (χ1v) is 7.80. The van der Waals surface area contributed by atoms with Gasteiger partial charge in [0.25, 0.3) is 5.91 Å². The van der Waals surface area contributed by atoms with Gasteiger partial charge in [-0.1, -0.05) is 49.0 Å². The van der Waals surface area contributed by atoms with E-state index in [9.17, 15) is 18.7 Å². The second kappa shape index (κ2) is 7.19. The van der Waals surface area contributed by atoms with Crippen molar-refractivity contribution in [2.75, 3.05) is 5.32 Å². The summed E-state index contributed by atoms with van der Waals surface area (Å²) >= 11 is 0. The zero-order valence-electron chi connectivity index (χ0n) is 13.7. The third-order valence-electron chi connectivity index (χ3n) is 3.89. The van der Waals surface area contributed by atoms with Gasteiger partial charge in [0, 0.05) is 11.8 Å². The van der Waals surface area contributed by atoms with Crippen LogP contribution in [0.2, 0.25) is 0 Å². The lowest BCUT2D eigenvalue weighted by Gasteiger charge is -2.10. The van der Waals surface area contributed by atoms with E-state index in [2.05, 4.69) is 11.9 Å². The maximum atomic E-state index is 13.4. The molecule has 0 saturated heterocycles. The van der Waals surface area contributed by atoms with Crippen LogP contribution in [0.15, 0.2) is 73.3 Å². The summed E-state index contributed by atoms with van der Waals surface area (Å²) in [5.41, 5.74) is 2.62. The minimum atomic E-state index is -1.19. The van der Waals surface area contributed by atoms with Gasteiger partial charge in [-0.2, -0.15) is 0 Å². The molecule has 5 heteroatoms. The molecular weight excluding hydrogens is 336 g/mol. The second-order valence-electron chi connectivity index (χ2n) is 5.66. The standard InChI is InChI=1S/C21H15F2NO2/c1-13(14-5-3-2-4-6-14)15-7-9-17(10-8-15)24-21(26)18-11-16(22)12-19(23)20(18)25/h2-12,25H,1H2,(H,24,26). The number of nitrogens with one attached hydrogen (secondary N) is 1. The summed E-state index contributed by atoms with van der Waals surface area (Å²) < 4.78 is 26.6. The number of hydrogen-bond acceptors (Lipinski definition) is 2. The smallest absolute Gasteiger partial charge is 0.259 e. The maximum absolute atomic E-state index is 13.4. The summed E-state index contributed by atoms with van der Waals surface area (Å²) in [6, 6.07) is 17.8. The van der Waals surface area contributed by atoms with Gasteiger partial charge in [0.1, 0.15) is 5.82 Å². The lowest BCUT2D eigenvalue weighted by molar-refractivity contribution is 0.102. The zero-order valence-corrected chi connectivity index (χ0v) is 13.7. The van der Waals surface area contributed by atoms with Gasteiger partial charge in [0.2, 0.25) is 0 Å². The van der Waals surface area contributed by atoms with Gasteiger partial charge < -0.3 is 10.4 Å². The van der Waals surface area contributed by atoms with E-state index in [1.54, 1.807) is 24.3 Å². The third-order valence-corrected chi connectivity index (χ3v) is 3.89. The SMILES string of the molecule is C=C(c1ccccc1)c1ccc(NC(=O)c2cc(F)cc(F)c2O)cc1. The number of halogens is 2. The Morgan fingerprint density at radius 2 is 1.54 bits per heavy atom. The Labute approximate surface area is 149 Å². The van der Waals surface area contributed by atoms with Crippen LogP contribution in [0.3, 0.4) is 0 Å². The number of hydrogen-bond donors (Lipinski definition) is 2. The molecule has 3 nitrogen and oxygen atoms in total. The lowest BCUT2D eigenvalue weighted by atomic mass is 9.99. The summed E-state index contributed by atoms with van der Waals surface area (Å²) in [6.45, 7) is 4.06. The van der Waals surface area contributed by atoms with Crippen molar-refractivity contribution in [3.8, 4) is 5.75 Å². The molecular formula is C21H15F2NO2. The van der Waals surface area contributed by atoms with E-state index >= 15 is 0 Å². The molecule has 0 spiro atoms. The summed E-state index contributed by atoms with van der Waals surface area (Å²) in [6.07, 6.45) is 0. The average molecular weight is 351 g/mol. The Bertz CT molecular complexity index is 967. The summed E-state index contributed by atoms with van der Waals surface area (Å²) in [4.78, 5) is 12.2. The van der Waals surface area contributed by atoms with Gasteiger partial charge in [0.15, 0.2) is 11.6 Å². The van der Waals surface area contributed by atoms with Crippen molar-refractivity contribution in [1.29, 1.82) is 0 Å². The molecule has 26 heavy (non-hydrogen) atoms. The van der Waals surface area contributed by atoms with Crippen LogP contribution in [0.5, 0.6) is 5.75 Å². The van der Waals surface area contributed by atoms with Crippen LogP contribution in [-0.4, -0.2) is 11.0 Å². The molecule has 0 aliphatic heterocycles. The summed E-state index contributed by atoms with van der Waals surface area (Å²) in [5.74, 6) is -3.84. The van der Waals surface area contributed by atoms with Crippen LogP contribution in [-0.2, 0) is 0 Å². The molecule has 0 heterocycles. The van der Waals surface area contributed by atoms with Crippen LogP contribution < -0.4 is 5.32 Å². The van der Waals surface area contributed by atoms with Crippen LogP contribution in [0.25, 0.3) is 5.57 Å². The van der Waals surface area contributed by atoms with Crippen molar-refractivity contribution in [2.24, 2.45) is 0 Å². The first-order chi connectivity index (χ1) is 12.5. The van der Waals surface area contributed by atoms with Gasteiger partial charge in [0.05, 0.1) is 5.56 Å². The molecule has 0 fully saturated rings. The first kappa shape index (κ1) is 17.4. The van der Waals surface area contributed by atoms with Gasteiger partial charge >= 0.3 is 0 Å². The number of amides is 1. The van der Waals surface area contributed by atoms with E-state index in [4.69, 9.17) is 0 Å². The number of carbonyl (C=O) groups excluding carboxylic acids is 1. The van der Waals surface area contributed by atoms with Crippen LogP contribution >= 0.6 is 0 Å². The summed E-state index contributed by atoms with van der Waals surface area (Å²) in [7, 11) is 0. The van der Waals surface area contributed by atoms with Gasteiger partial charge in [-0.3, -0.25) is 4.79 Å². The van der Waals surface area contributed by atoms with Crippen molar-refractivity contribution < 1.29 is 18.7 Å². The molecule has 0 unspecified atom stereocenters. The molecule has 0 bridgehead atoms. The number of anilines is 1. The highest BCUT2D eigenvalue weighted by Crippen LogP contribution is 2.25. The number of phenolic OH excluding ortho intramolecular Hbond substituents is 1. The molecule has 0 atom stereocenters. The molecule has 2 N–H and O–H groups in total. The zero-order chi connectivity index (χ0) is 18.7. The number of rotatable bonds is 4. The Kier molecular flexibility index (Phi) is 4.80. The normalized spacial score (nSPS) is 10.4. The Balaban J connectivity index is 1.78. The highest BCUT2D eigenvalue weighted by Gasteiger charge is 2.17. The van der Waals surface area contributed by atoms with Crippen molar-refractivity contribution >= 4 is 17.2 Å².